The van der Waals surface area contributed by atoms with Crippen LogP contribution in [0.2, 0.25) is 5.02 Å². The van der Waals surface area contributed by atoms with Crippen molar-refractivity contribution in [1.29, 1.82) is 0 Å². The maximum absolute atomic E-state index is 11.8. The van der Waals surface area contributed by atoms with E-state index in [2.05, 4.69) is 16.1 Å². The minimum atomic E-state index is -0.808. The Labute approximate surface area is 117 Å². The first kappa shape index (κ1) is 15.2. The normalized spacial score (nSPS) is 11.5. The second-order valence-corrected chi connectivity index (χ2v) is 4.30. The van der Waals surface area contributed by atoms with Gasteiger partial charge >= 0.3 is 11.9 Å². The van der Waals surface area contributed by atoms with Crippen LogP contribution in [0.5, 0.6) is 0 Å². The standard InChI is InChI=1S/C14H15ClO4/c1-9(13(16)18-2)11(14(17)19-3)8-10-6-4-5-7-12(10)15/h4-7,11H,1,8H2,2-3H3. The van der Waals surface area contributed by atoms with Gasteiger partial charge in [-0.15, -0.1) is 0 Å². The minimum Gasteiger partial charge on any atom is -0.469 e. The average molecular weight is 283 g/mol. The number of ether oxygens (including phenoxy) is 2. The van der Waals surface area contributed by atoms with Crippen LogP contribution in [0.3, 0.4) is 0 Å². The van der Waals surface area contributed by atoms with Crippen molar-refractivity contribution < 1.29 is 19.1 Å². The second kappa shape index (κ2) is 6.95. The van der Waals surface area contributed by atoms with Crippen molar-refractivity contribution in [1.82, 2.24) is 0 Å². The first-order chi connectivity index (χ1) is 9.01. The van der Waals surface area contributed by atoms with Gasteiger partial charge in [0.25, 0.3) is 0 Å². The molecule has 0 heterocycles. The first-order valence-electron chi connectivity index (χ1n) is 5.59. The molecule has 0 aromatic heterocycles. The van der Waals surface area contributed by atoms with Crippen LogP contribution in [0.1, 0.15) is 5.56 Å². The molecule has 0 aliphatic carbocycles. The Morgan fingerprint density at radius 2 is 1.89 bits per heavy atom. The van der Waals surface area contributed by atoms with Gasteiger partial charge in [-0.25, -0.2) is 4.79 Å². The molecule has 0 spiro atoms. The molecule has 1 atom stereocenters. The number of hydrogen-bond donors (Lipinski definition) is 0. The lowest BCUT2D eigenvalue weighted by Gasteiger charge is -2.16. The van der Waals surface area contributed by atoms with Crippen molar-refractivity contribution in [3.05, 3.63) is 47.0 Å². The summed E-state index contributed by atoms with van der Waals surface area (Å²) in [6.07, 6.45) is 0.236. The average Bonchev–Trinajstić information content (AvgIpc) is 2.44. The summed E-state index contributed by atoms with van der Waals surface area (Å²) in [5.74, 6) is -1.99. The number of rotatable bonds is 5. The summed E-state index contributed by atoms with van der Waals surface area (Å²) in [6, 6.07) is 7.08. The molecule has 1 rings (SSSR count). The molecule has 19 heavy (non-hydrogen) atoms. The summed E-state index contributed by atoms with van der Waals surface area (Å²) in [7, 11) is 2.49. The lowest BCUT2D eigenvalue weighted by Crippen LogP contribution is -2.25. The van der Waals surface area contributed by atoms with E-state index in [9.17, 15) is 9.59 Å². The number of carbonyl (C=O) groups excluding carboxylic acids is 2. The van der Waals surface area contributed by atoms with Gasteiger partial charge in [-0.3, -0.25) is 4.79 Å². The topological polar surface area (TPSA) is 52.6 Å². The zero-order valence-corrected chi connectivity index (χ0v) is 11.6. The van der Waals surface area contributed by atoms with Crippen LogP contribution in [0, 0.1) is 5.92 Å². The molecule has 5 heteroatoms. The molecule has 1 unspecified atom stereocenters. The molecule has 0 bridgehead atoms. The monoisotopic (exact) mass is 282 g/mol. The minimum absolute atomic E-state index is 0.0502. The predicted octanol–water partition coefficient (Wildman–Crippen LogP) is 2.40. The highest BCUT2D eigenvalue weighted by molar-refractivity contribution is 6.31. The number of halogens is 1. The van der Waals surface area contributed by atoms with Crippen LogP contribution in [0.15, 0.2) is 36.4 Å². The van der Waals surface area contributed by atoms with Crippen LogP contribution >= 0.6 is 11.6 Å². The second-order valence-electron chi connectivity index (χ2n) is 3.89. The zero-order valence-electron chi connectivity index (χ0n) is 10.8. The van der Waals surface area contributed by atoms with Gasteiger partial charge in [0.2, 0.25) is 0 Å². The first-order valence-corrected chi connectivity index (χ1v) is 5.97. The fourth-order valence-electron chi connectivity index (χ4n) is 1.65. The SMILES string of the molecule is C=C(C(=O)OC)C(Cc1ccccc1Cl)C(=O)OC. The third-order valence-electron chi connectivity index (χ3n) is 2.74. The molecule has 102 valence electrons. The van der Waals surface area contributed by atoms with Crippen molar-refractivity contribution in [3.63, 3.8) is 0 Å². The molecule has 0 aliphatic heterocycles. The highest BCUT2D eigenvalue weighted by Crippen LogP contribution is 2.23. The molecule has 4 nitrogen and oxygen atoms in total. The van der Waals surface area contributed by atoms with E-state index in [1.807, 2.05) is 0 Å². The summed E-state index contributed by atoms with van der Waals surface area (Å²) < 4.78 is 9.27. The molecule has 1 aromatic rings. The lowest BCUT2D eigenvalue weighted by atomic mass is 9.92. The quantitative estimate of drug-likeness (QED) is 0.615. The van der Waals surface area contributed by atoms with Crippen molar-refractivity contribution in [2.45, 2.75) is 6.42 Å². The molecule has 0 fully saturated rings. The largest absolute Gasteiger partial charge is 0.469 e. The van der Waals surface area contributed by atoms with E-state index < -0.39 is 17.9 Å². The van der Waals surface area contributed by atoms with Gasteiger partial charge in [-0.2, -0.15) is 0 Å². The highest BCUT2D eigenvalue weighted by Gasteiger charge is 2.28. The molecule has 0 radical (unpaired) electrons. The summed E-state index contributed by atoms with van der Waals surface area (Å²) in [5, 5.41) is 0.522. The van der Waals surface area contributed by atoms with Gasteiger partial charge < -0.3 is 9.47 Å². The van der Waals surface area contributed by atoms with Crippen LogP contribution < -0.4 is 0 Å². The Balaban J connectivity index is 3.00. The van der Waals surface area contributed by atoms with Crippen molar-refractivity contribution in [3.8, 4) is 0 Å². The van der Waals surface area contributed by atoms with Gasteiger partial charge in [0.1, 0.15) is 0 Å². The van der Waals surface area contributed by atoms with Gasteiger partial charge in [-0.05, 0) is 18.1 Å². The number of benzene rings is 1. The molecule has 0 saturated heterocycles. The van der Waals surface area contributed by atoms with Crippen molar-refractivity contribution >= 4 is 23.5 Å². The molecule has 0 aliphatic rings. The van der Waals surface area contributed by atoms with Crippen LogP contribution in [0.4, 0.5) is 0 Å². The van der Waals surface area contributed by atoms with E-state index in [0.717, 1.165) is 5.56 Å². The van der Waals surface area contributed by atoms with Crippen LogP contribution in [-0.4, -0.2) is 26.2 Å². The van der Waals surface area contributed by atoms with Crippen molar-refractivity contribution in [2.75, 3.05) is 14.2 Å². The number of esters is 2. The highest BCUT2D eigenvalue weighted by atomic mass is 35.5. The van der Waals surface area contributed by atoms with Gasteiger partial charge in [0.15, 0.2) is 0 Å². The fraction of sp³-hybridized carbons (Fsp3) is 0.286. The van der Waals surface area contributed by atoms with Gasteiger partial charge in [0.05, 0.1) is 20.1 Å². The Hall–Kier alpha value is -1.81. The van der Waals surface area contributed by atoms with E-state index in [0.29, 0.717) is 5.02 Å². The molecular formula is C14H15ClO4. The smallest absolute Gasteiger partial charge is 0.334 e. The molecule has 0 N–H and O–H groups in total. The van der Waals surface area contributed by atoms with Gasteiger partial charge in [-0.1, -0.05) is 36.4 Å². The van der Waals surface area contributed by atoms with E-state index in [4.69, 9.17) is 11.6 Å². The van der Waals surface area contributed by atoms with E-state index in [1.165, 1.54) is 14.2 Å². The zero-order chi connectivity index (χ0) is 14.4. The molecule has 0 amide bonds. The molecule has 1 aromatic carbocycles. The summed E-state index contributed by atoms with van der Waals surface area (Å²) in [4.78, 5) is 23.2. The summed E-state index contributed by atoms with van der Waals surface area (Å²) in [6.45, 7) is 3.60. The lowest BCUT2D eigenvalue weighted by molar-refractivity contribution is -0.147. The van der Waals surface area contributed by atoms with Crippen molar-refractivity contribution in [2.24, 2.45) is 5.92 Å². The maximum atomic E-state index is 11.8. The Kier molecular flexibility index (Phi) is 5.57. The van der Waals surface area contributed by atoms with Gasteiger partial charge in [0, 0.05) is 10.6 Å². The summed E-state index contributed by atoms with van der Waals surface area (Å²) in [5.41, 5.74) is 0.791. The Bertz CT molecular complexity index is 496. The van der Waals surface area contributed by atoms with E-state index in [-0.39, 0.29) is 12.0 Å². The number of hydrogen-bond acceptors (Lipinski definition) is 4. The van der Waals surface area contributed by atoms with E-state index in [1.54, 1.807) is 24.3 Å². The third kappa shape index (κ3) is 3.83. The van der Waals surface area contributed by atoms with E-state index >= 15 is 0 Å². The Morgan fingerprint density at radius 1 is 1.26 bits per heavy atom. The van der Waals surface area contributed by atoms with Crippen LogP contribution in [0.25, 0.3) is 0 Å². The predicted molar refractivity (Wildman–Crippen MR) is 71.8 cm³/mol. The molecule has 0 saturated carbocycles. The Morgan fingerprint density at radius 3 is 2.42 bits per heavy atom. The maximum Gasteiger partial charge on any atom is 0.334 e. The third-order valence-corrected chi connectivity index (χ3v) is 3.10. The van der Waals surface area contributed by atoms with Crippen LogP contribution in [-0.2, 0) is 25.5 Å². The fourth-order valence-corrected chi connectivity index (χ4v) is 1.86. The molecular weight excluding hydrogens is 268 g/mol. The number of carbonyl (C=O) groups is 2. The number of methoxy groups -OCH3 is 2. The summed E-state index contributed by atoms with van der Waals surface area (Å²) >= 11 is 6.04.